The quantitative estimate of drug-likeness (QED) is 0.504. The van der Waals surface area contributed by atoms with Crippen LogP contribution in [0.3, 0.4) is 0 Å². The Labute approximate surface area is 202 Å². The molecule has 4 fully saturated rings. The lowest BCUT2D eigenvalue weighted by Gasteiger charge is -2.42. The van der Waals surface area contributed by atoms with E-state index < -0.39 is 0 Å². The van der Waals surface area contributed by atoms with E-state index in [1.807, 2.05) is 30.0 Å². The fourth-order valence-corrected chi connectivity index (χ4v) is 7.94. The zero-order valence-corrected chi connectivity index (χ0v) is 20.4. The van der Waals surface area contributed by atoms with Crippen LogP contribution in [0.4, 0.5) is 15.3 Å². The van der Waals surface area contributed by atoms with Gasteiger partial charge in [-0.25, -0.2) is 9.59 Å². The van der Waals surface area contributed by atoms with Crippen molar-refractivity contribution in [1.82, 2.24) is 14.7 Å². The van der Waals surface area contributed by atoms with E-state index in [-0.39, 0.29) is 29.7 Å². The highest BCUT2D eigenvalue weighted by Crippen LogP contribution is 2.65. The van der Waals surface area contributed by atoms with Crippen molar-refractivity contribution >= 4 is 17.8 Å². The van der Waals surface area contributed by atoms with Gasteiger partial charge in [-0.1, -0.05) is 30.9 Å². The molecule has 0 radical (unpaired) electrons. The van der Waals surface area contributed by atoms with Gasteiger partial charge in [0.2, 0.25) is 0 Å². The largest absolute Gasteiger partial charge is 0.445 e. The third kappa shape index (κ3) is 2.98. The zero-order valence-electron chi connectivity index (χ0n) is 20.4. The second-order valence-corrected chi connectivity index (χ2v) is 11.2. The van der Waals surface area contributed by atoms with E-state index in [9.17, 15) is 9.59 Å². The highest BCUT2D eigenvalue weighted by molar-refractivity contribution is 5.95. The lowest BCUT2D eigenvalue weighted by atomic mass is 9.74. The van der Waals surface area contributed by atoms with E-state index in [0.717, 1.165) is 51.0 Å². The molecule has 6 rings (SSSR count). The molecule has 2 spiro atoms. The van der Waals surface area contributed by atoms with Crippen molar-refractivity contribution < 1.29 is 14.3 Å². The summed E-state index contributed by atoms with van der Waals surface area (Å²) in [6, 6.07) is 9.47. The fourth-order valence-electron chi connectivity index (χ4n) is 7.94. The summed E-state index contributed by atoms with van der Waals surface area (Å²) in [7, 11) is 3.66. The molecule has 0 N–H and O–H groups in total. The van der Waals surface area contributed by atoms with E-state index in [1.54, 1.807) is 11.0 Å². The maximum Gasteiger partial charge on any atom is 0.410 e. The first kappa shape index (κ1) is 22.0. The number of carbonyl (C=O) groups excluding carboxylic acids is 2. The van der Waals surface area contributed by atoms with Crippen LogP contribution < -0.4 is 4.90 Å². The number of carbonyl (C=O) groups is 2. The average Bonchev–Trinajstić information content (AvgIpc) is 3.10. The first-order chi connectivity index (χ1) is 16.4. The molecule has 7 heteroatoms. The number of fused-ring (bicyclic) bond motifs is 2. The summed E-state index contributed by atoms with van der Waals surface area (Å²) < 4.78 is 5.40. The van der Waals surface area contributed by atoms with Gasteiger partial charge in [0.15, 0.2) is 0 Å². The number of ether oxygens (including phenoxy) is 1. The van der Waals surface area contributed by atoms with Gasteiger partial charge in [0.05, 0.1) is 11.6 Å². The number of hydrogen-bond donors (Lipinski definition) is 0. The van der Waals surface area contributed by atoms with Gasteiger partial charge in [0.1, 0.15) is 6.61 Å². The highest BCUT2D eigenvalue weighted by Gasteiger charge is 2.75. The van der Waals surface area contributed by atoms with Crippen LogP contribution in [-0.4, -0.2) is 84.8 Å². The molecule has 7 nitrogen and oxygen atoms in total. The molecule has 2 saturated carbocycles. The maximum absolute atomic E-state index is 12.9. The third-order valence-corrected chi connectivity index (χ3v) is 9.52. The molecule has 2 saturated heterocycles. The minimum Gasteiger partial charge on any atom is -0.445 e. The summed E-state index contributed by atoms with van der Waals surface area (Å²) in [4.78, 5) is 33.9. The van der Waals surface area contributed by atoms with Gasteiger partial charge in [0.25, 0.3) is 0 Å². The van der Waals surface area contributed by atoms with Crippen LogP contribution in [0, 0.1) is 5.92 Å². The van der Waals surface area contributed by atoms with Crippen molar-refractivity contribution in [1.29, 1.82) is 0 Å². The molecule has 4 atom stereocenters. The van der Waals surface area contributed by atoms with Gasteiger partial charge in [0, 0.05) is 37.8 Å². The Morgan fingerprint density at radius 2 is 1.97 bits per heavy atom. The van der Waals surface area contributed by atoms with E-state index in [1.165, 1.54) is 18.4 Å². The number of amides is 3. The SMILES string of the molecule is C=CCOC(=O)N1C2CCC3CC(N4CCC5(CC4)CN(C(=O)N(C)C)c4ccccc45)CC321. The number of hydrogen-bond acceptors (Lipinski definition) is 4. The fraction of sp³-hybridized carbons (Fsp3) is 0.630. The summed E-state index contributed by atoms with van der Waals surface area (Å²) in [5.41, 5.74) is 2.52. The van der Waals surface area contributed by atoms with Crippen LogP contribution in [0.15, 0.2) is 36.9 Å². The normalized spacial score (nSPS) is 32.8. The van der Waals surface area contributed by atoms with E-state index in [4.69, 9.17) is 4.74 Å². The molecule has 3 amide bonds. The molecular formula is C27H36N4O3. The predicted molar refractivity (Wildman–Crippen MR) is 131 cm³/mol. The number of anilines is 1. The van der Waals surface area contributed by atoms with Crippen LogP contribution in [0.2, 0.25) is 0 Å². The minimum atomic E-state index is -0.152. The van der Waals surface area contributed by atoms with Crippen LogP contribution >= 0.6 is 0 Å². The average molecular weight is 465 g/mol. The molecule has 1 aromatic carbocycles. The molecule has 3 heterocycles. The molecule has 0 aromatic heterocycles. The predicted octanol–water partition coefficient (Wildman–Crippen LogP) is 3.84. The Balaban J connectivity index is 1.15. The van der Waals surface area contributed by atoms with Gasteiger partial charge in [-0.05, 0) is 69.2 Å². The van der Waals surface area contributed by atoms with E-state index in [0.29, 0.717) is 18.0 Å². The Kier molecular flexibility index (Phi) is 5.00. The first-order valence-corrected chi connectivity index (χ1v) is 12.8. The maximum atomic E-state index is 12.9. The molecular weight excluding hydrogens is 428 g/mol. The van der Waals surface area contributed by atoms with Crippen molar-refractivity contribution in [3.8, 4) is 0 Å². The van der Waals surface area contributed by atoms with Crippen molar-refractivity contribution in [2.45, 2.75) is 61.6 Å². The second kappa shape index (κ2) is 7.74. The van der Waals surface area contributed by atoms with Crippen LogP contribution in [0.1, 0.15) is 44.1 Å². The van der Waals surface area contributed by atoms with Crippen molar-refractivity contribution in [2.24, 2.45) is 5.92 Å². The topological polar surface area (TPSA) is 56.1 Å². The van der Waals surface area contributed by atoms with Crippen molar-refractivity contribution in [3.05, 3.63) is 42.5 Å². The summed E-state index contributed by atoms with van der Waals surface area (Å²) >= 11 is 0. The molecule has 3 aliphatic heterocycles. The first-order valence-electron chi connectivity index (χ1n) is 12.8. The third-order valence-electron chi connectivity index (χ3n) is 9.52. The Bertz CT molecular complexity index is 1020. The smallest absolute Gasteiger partial charge is 0.410 e. The number of benzene rings is 1. The Morgan fingerprint density at radius 1 is 1.21 bits per heavy atom. The number of likely N-dealkylation sites (tertiary alicyclic amines) is 2. The Morgan fingerprint density at radius 3 is 2.71 bits per heavy atom. The molecule has 34 heavy (non-hydrogen) atoms. The van der Waals surface area contributed by atoms with Gasteiger partial charge < -0.3 is 14.5 Å². The highest BCUT2D eigenvalue weighted by atomic mass is 16.6. The van der Waals surface area contributed by atoms with Gasteiger partial charge in [-0.3, -0.25) is 9.80 Å². The number of nitrogens with zero attached hydrogens (tertiary/aromatic N) is 4. The van der Waals surface area contributed by atoms with Crippen LogP contribution in [-0.2, 0) is 10.2 Å². The van der Waals surface area contributed by atoms with E-state index in [2.05, 4.69) is 29.7 Å². The van der Waals surface area contributed by atoms with Gasteiger partial charge in [-0.2, -0.15) is 0 Å². The van der Waals surface area contributed by atoms with Gasteiger partial charge >= 0.3 is 12.1 Å². The summed E-state index contributed by atoms with van der Waals surface area (Å²) in [5.74, 6) is 0.607. The van der Waals surface area contributed by atoms with Gasteiger partial charge in [-0.15, -0.1) is 0 Å². The lowest BCUT2D eigenvalue weighted by molar-refractivity contribution is 0.116. The molecule has 5 aliphatic rings. The minimum absolute atomic E-state index is 0.0486. The lowest BCUT2D eigenvalue weighted by Crippen LogP contribution is -2.49. The molecule has 0 bridgehead atoms. The van der Waals surface area contributed by atoms with Crippen LogP contribution in [0.25, 0.3) is 0 Å². The molecule has 2 aliphatic carbocycles. The van der Waals surface area contributed by atoms with Crippen molar-refractivity contribution in [3.63, 3.8) is 0 Å². The molecule has 1 aromatic rings. The monoisotopic (exact) mass is 464 g/mol. The standard InChI is InChI=1S/C27H36N4O3/c1-4-15-34-25(33)31-23-10-9-19-16-20(17-27(19,23)31)29-13-11-26(12-14-29)18-30(24(32)28(2)3)22-8-6-5-7-21(22)26/h4-8,19-20,23H,1,9-18H2,2-3H3. The molecule has 182 valence electrons. The van der Waals surface area contributed by atoms with Crippen molar-refractivity contribution in [2.75, 3.05) is 45.2 Å². The molecule has 4 unspecified atom stereocenters. The summed E-state index contributed by atoms with van der Waals surface area (Å²) in [6.07, 6.45) is 8.27. The summed E-state index contributed by atoms with van der Waals surface area (Å²) in [5, 5.41) is 0. The number of rotatable bonds is 3. The number of para-hydroxylation sites is 1. The Hall–Kier alpha value is -2.54. The number of urea groups is 1. The zero-order chi connectivity index (χ0) is 23.7. The van der Waals surface area contributed by atoms with E-state index >= 15 is 0 Å². The summed E-state index contributed by atoms with van der Waals surface area (Å²) in [6.45, 7) is 6.83. The second-order valence-electron chi connectivity index (χ2n) is 11.2. The number of piperidine rings is 2. The van der Waals surface area contributed by atoms with Crippen LogP contribution in [0.5, 0.6) is 0 Å².